The normalized spacial score (nSPS) is 46.5. The molecule has 6 nitrogen and oxygen atoms in total. The number of aliphatic hydroxyl groups excluding tert-OH is 2. The van der Waals surface area contributed by atoms with Gasteiger partial charge in [-0.2, -0.15) is 0 Å². The van der Waals surface area contributed by atoms with Crippen molar-refractivity contribution in [1.29, 1.82) is 0 Å². The number of fused-ring (bicyclic) bond motifs is 5. The maximum absolute atomic E-state index is 12.0. The van der Waals surface area contributed by atoms with E-state index in [2.05, 4.69) is 26.1 Å². The fourth-order valence-corrected chi connectivity index (χ4v) is 8.98. The highest BCUT2D eigenvalue weighted by atomic mass is 16.4. The molecule has 0 spiro atoms. The number of carboxylic acids is 1. The highest BCUT2D eigenvalue weighted by molar-refractivity contribution is 5.81. The van der Waals surface area contributed by atoms with E-state index in [9.17, 15) is 19.8 Å². The van der Waals surface area contributed by atoms with Crippen LogP contribution in [-0.4, -0.2) is 45.9 Å². The van der Waals surface area contributed by atoms with E-state index >= 15 is 0 Å². The van der Waals surface area contributed by atoms with Crippen LogP contribution in [0.15, 0.2) is 0 Å². The maximum atomic E-state index is 12.0. The molecule has 0 aromatic carbocycles. The summed E-state index contributed by atoms with van der Waals surface area (Å²) in [5.41, 5.74) is 0.145. The second-order valence-corrected chi connectivity index (χ2v) is 12.1. The van der Waals surface area contributed by atoms with Gasteiger partial charge in [0, 0.05) is 6.42 Å². The highest BCUT2D eigenvalue weighted by Gasteiger charge is 2.63. The molecule has 4 aliphatic rings. The van der Waals surface area contributed by atoms with Crippen LogP contribution in [-0.2, 0) is 9.59 Å². The second kappa shape index (κ2) is 8.90. The van der Waals surface area contributed by atoms with Crippen LogP contribution in [0.2, 0.25) is 0 Å². The largest absolute Gasteiger partial charge is 0.480 e. The van der Waals surface area contributed by atoms with Gasteiger partial charge in [-0.15, -0.1) is 0 Å². The van der Waals surface area contributed by atoms with Gasteiger partial charge in [0.15, 0.2) is 0 Å². The summed E-state index contributed by atoms with van der Waals surface area (Å²) < 4.78 is 0. The molecule has 4 saturated carbocycles. The summed E-state index contributed by atoms with van der Waals surface area (Å²) in [6.45, 7) is 6.65. The van der Waals surface area contributed by atoms with Gasteiger partial charge in [-0.3, -0.25) is 9.59 Å². The topological polar surface area (TPSA) is 107 Å². The van der Waals surface area contributed by atoms with Crippen LogP contribution in [0.25, 0.3) is 0 Å². The summed E-state index contributed by atoms with van der Waals surface area (Å²) >= 11 is 0. The molecule has 0 unspecified atom stereocenters. The molecule has 0 aromatic heterocycles. The predicted octanol–water partition coefficient (Wildman–Crippen LogP) is 3.59. The summed E-state index contributed by atoms with van der Waals surface area (Å²) in [5.74, 6) is 1.84. The molecule has 0 bridgehead atoms. The van der Waals surface area contributed by atoms with Gasteiger partial charge in [0.2, 0.25) is 5.91 Å². The van der Waals surface area contributed by atoms with E-state index in [0.29, 0.717) is 41.9 Å². The first-order chi connectivity index (χ1) is 15.1. The number of carbonyl (C=O) groups is 2. The Hall–Kier alpha value is -1.14. The molecule has 32 heavy (non-hydrogen) atoms. The van der Waals surface area contributed by atoms with Crippen molar-refractivity contribution in [2.24, 2.45) is 46.3 Å². The lowest BCUT2D eigenvalue weighted by Crippen LogP contribution is -2.58. The summed E-state index contributed by atoms with van der Waals surface area (Å²) in [7, 11) is 0. The molecule has 0 radical (unpaired) electrons. The monoisotopic (exact) mass is 449 g/mol. The zero-order chi connectivity index (χ0) is 23.3. The third-order valence-corrected chi connectivity index (χ3v) is 10.8. The molecule has 182 valence electrons. The van der Waals surface area contributed by atoms with Crippen LogP contribution in [0, 0.1) is 46.3 Å². The number of hydrogen-bond donors (Lipinski definition) is 4. The van der Waals surface area contributed by atoms with Gasteiger partial charge in [-0.25, -0.2) is 0 Å². The van der Waals surface area contributed by atoms with Crippen molar-refractivity contribution in [3.8, 4) is 0 Å². The number of hydrogen-bond acceptors (Lipinski definition) is 4. The van der Waals surface area contributed by atoms with E-state index in [-0.39, 0.29) is 35.5 Å². The van der Waals surface area contributed by atoms with Crippen molar-refractivity contribution >= 4 is 11.9 Å². The lowest BCUT2D eigenvalue weighted by molar-refractivity contribution is -0.175. The number of aliphatic hydroxyl groups is 2. The number of carboxylic acid groups (broad SMARTS) is 1. The Bertz CT molecular complexity index is 727. The van der Waals surface area contributed by atoms with E-state index in [1.165, 1.54) is 12.8 Å². The predicted molar refractivity (Wildman–Crippen MR) is 122 cm³/mol. The minimum Gasteiger partial charge on any atom is -0.480 e. The van der Waals surface area contributed by atoms with E-state index in [1.54, 1.807) is 0 Å². The van der Waals surface area contributed by atoms with Crippen LogP contribution < -0.4 is 5.32 Å². The molecule has 4 rings (SSSR count). The van der Waals surface area contributed by atoms with Crippen LogP contribution in [0.5, 0.6) is 0 Å². The van der Waals surface area contributed by atoms with Gasteiger partial charge in [0.25, 0.3) is 0 Å². The third-order valence-electron chi connectivity index (χ3n) is 10.8. The van der Waals surface area contributed by atoms with Crippen LogP contribution >= 0.6 is 0 Å². The Balaban J connectivity index is 1.45. The average molecular weight is 450 g/mol. The van der Waals surface area contributed by atoms with E-state index < -0.39 is 5.97 Å². The van der Waals surface area contributed by atoms with Crippen molar-refractivity contribution in [2.45, 2.75) is 97.2 Å². The lowest BCUT2D eigenvalue weighted by atomic mass is 9.43. The van der Waals surface area contributed by atoms with Gasteiger partial charge in [-0.05, 0) is 104 Å². The smallest absolute Gasteiger partial charge is 0.322 e. The Labute approximate surface area is 192 Å². The van der Waals surface area contributed by atoms with Gasteiger partial charge in [0.05, 0.1) is 12.2 Å². The number of nitrogens with one attached hydrogen (secondary N) is 1. The molecule has 4 fully saturated rings. The Morgan fingerprint density at radius 2 is 1.78 bits per heavy atom. The first-order valence-corrected chi connectivity index (χ1v) is 12.9. The molecule has 0 aliphatic heterocycles. The molecular formula is C26H43NO5. The van der Waals surface area contributed by atoms with Crippen molar-refractivity contribution in [3.63, 3.8) is 0 Å². The fraction of sp³-hybridized carbons (Fsp3) is 0.923. The van der Waals surface area contributed by atoms with E-state index in [1.807, 2.05) is 0 Å². The number of aliphatic carboxylic acids is 1. The quantitative estimate of drug-likeness (QED) is 0.496. The van der Waals surface area contributed by atoms with Crippen molar-refractivity contribution in [3.05, 3.63) is 0 Å². The van der Waals surface area contributed by atoms with E-state index in [4.69, 9.17) is 5.11 Å². The first-order valence-electron chi connectivity index (χ1n) is 12.9. The molecule has 0 heterocycles. The van der Waals surface area contributed by atoms with Gasteiger partial charge >= 0.3 is 5.97 Å². The summed E-state index contributed by atoms with van der Waals surface area (Å²) in [6, 6.07) is 0. The zero-order valence-corrected chi connectivity index (χ0v) is 20.1. The number of carbonyl (C=O) groups excluding carboxylic acids is 1. The van der Waals surface area contributed by atoms with Crippen molar-refractivity contribution in [1.82, 2.24) is 5.32 Å². The first kappa shape index (κ1) is 24.0. The van der Waals surface area contributed by atoms with Crippen LogP contribution in [0.3, 0.4) is 0 Å². The highest BCUT2D eigenvalue weighted by Crippen LogP contribution is 2.68. The third kappa shape index (κ3) is 4.00. The SMILES string of the molecule is C[C@H](CCC(=O)NCC(=O)O)[C@@H]1CC[C@@H]2[C@H]3CC[C@@H]4C[C@@H](O)CC[C@]4(C)[C@@H]3C[C@H](O)[C@@]21C. The minimum absolute atomic E-state index is 0.102. The Morgan fingerprint density at radius 3 is 2.50 bits per heavy atom. The second-order valence-electron chi connectivity index (χ2n) is 12.1. The van der Waals surface area contributed by atoms with E-state index in [0.717, 1.165) is 44.9 Å². The Kier molecular flexibility index (Phi) is 6.68. The molecule has 6 heteroatoms. The summed E-state index contributed by atoms with van der Waals surface area (Å²) in [6.07, 6.45) is 9.12. The molecular weight excluding hydrogens is 406 g/mol. The van der Waals surface area contributed by atoms with Crippen LogP contribution in [0.4, 0.5) is 0 Å². The van der Waals surface area contributed by atoms with Crippen LogP contribution in [0.1, 0.15) is 85.0 Å². The average Bonchev–Trinajstić information content (AvgIpc) is 3.10. The standard InChI is InChI=1S/C26H43NO5/c1-15(4-9-23(30)27-14-24(31)32)19-7-8-20-18-6-5-16-12-17(28)10-11-25(16,2)21(18)13-22(29)26(19,20)3/h15-22,28-29H,4-14H2,1-3H3,(H,27,30)(H,31,32)/t15-,16-,17+,18-,19+,20-,21-,22+,25+,26-/m1/s1. The Morgan fingerprint density at radius 1 is 1.03 bits per heavy atom. The molecule has 0 aromatic rings. The lowest BCUT2D eigenvalue weighted by Gasteiger charge is -2.62. The van der Waals surface area contributed by atoms with Crippen molar-refractivity contribution in [2.75, 3.05) is 6.54 Å². The fourth-order valence-electron chi connectivity index (χ4n) is 8.98. The summed E-state index contributed by atoms with van der Waals surface area (Å²) in [4.78, 5) is 22.7. The number of amides is 1. The van der Waals surface area contributed by atoms with Gasteiger partial charge < -0.3 is 20.6 Å². The summed E-state index contributed by atoms with van der Waals surface area (Å²) in [5, 5.41) is 33.0. The molecule has 0 saturated heterocycles. The van der Waals surface area contributed by atoms with Gasteiger partial charge in [-0.1, -0.05) is 20.8 Å². The zero-order valence-electron chi connectivity index (χ0n) is 20.1. The van der Waals surface area contributed by atoms with Crippen molar-refractivity contribution < 1.29 is 24.9 Å². The maximum Gasteiger partial charge on any atom is 0.322 e. The van der Waals surface area contributed by atoms with Gasteiger partial charge in [0.1, 0.15) is 6.54 Å². The molecule has 4 N–H and O–H groups in total. The molecule has 10 atom stereocenters. The minimum atomic E-state index is -1.02. The molecule has 4 aliphatic carbocycles. The molecule has 1 amide bonds. The number of rotatable bonds is 6.